The predicted octanol–water partition coefficient (Wildman–Crippen LogP) is 3.04. The molecule has 31 heavy (non-hydrogen) atoms. The number of aromatic nitrogens is 7. The number of carbonyl (C=O) groups is 1. The molecule has 1 aliphatic carbocycles. The monoisotopic (exact) mass is 444 g/mol. The summed E-state index contributed by atoms with van der Waals surface area (Å²) in [5, 5.41) is 14.7. The zero-order chi connectivity index (χ0) is 21.9. The van der Waals surface area contributed by atoms with Crippen LogP contribution < -0.4 is 5.32 Å². The van der Waals surface area contributed by atoms with Crippen LogP contribution in [0.3, 0.4) is 0 Å². The molecule has 0 aromatic carbocycles. The van der Waals surface area contributed by atoms with Crippen LogP contribution in [0.25, 0.3) is 11.5 Å². The summed E-state index contributed by atoms with van der Waals surface area (Å²) in [6.07, 6.45) is 6.26. The Kier molecular flexibility index (Phi) is 4.26. The quantitative estimate of drug-likeness (QED) is 0.521. The van der Waals surface area contributed by atoms with E-state index in [9.17, 15) is 13.6 Å². The summed E-state index contributed by atoms with van der Waals surface area (Å²) in [7, 11) is 0. The third-order valence-electron chi connectivity index (χ3n) is 5.32. The van der Waals surface area contributed by atoms with Crippen LogP contribution in [0.15, 0.2) is 30.9 Å². The van der Waals surface area contributed by atoms with Crippen LogP contribution in [0.1, 0.15) is 37.4 Å². The van der Waals surface area contributed by atoms with Crippen molar-refractivity contribution >= 4 is 28.8 Å². The minimum absolute atomic E-state index is 0.204. The Hall–Kier alpha value is -3.47. The molecule has 158 valence electrons. The van der Waals surface area contributed by atoms with E-state index in [1.54, 1.807) is 6.07 Å². The summed E-state index contributed by atoms with van der Waals surface area (Å²) in [6, 6.07) is 1.55. The maximum atomic E-state index is 14.0. The Morgan fingerprint density at radius 1 is 1.23 bits per heavy atom. The summed E-state index contributed by atoms with van der Waals surface area (Å²) in [6.45, 7) is 3.78. The van der Waals surface area contributed by atoms with Crippen LogP contribution >= 0.6 is 11.6 Å². The number of nitrogens with zero attached hydrogens (tertiary/aromatic N) is 7. The maximum Gasteiger partial charge on any atom is 0.271 e. The molecule has 0 bridgehead atoms. The minimum atomic E-state index is -1.22. The maximum absolute atomic E-state index is 14.0. The van der Waals surface area contributed by atoms with Crippen LogP contribution in [-0.4, -0.2) is 40.5 Å². The van der Waals surface area contributed by atoms with Crippen molar-refractivity contribution in [3.63, 3.8) is 0 Å². The molecule has 4 aromatic heterocycles. The first-order chi connectivity index (χ1) is 14.8. The molecular formula is C19H15ClF2N8O. The molecule has 4 heterocycles. The smallest absolute Gasteiger partial charge is 0.271 e. The van der Waals surface area contributed by atoms with Crippen molar-refractivity contribution in [1.29, 1.82) is 0 Å². The molecule has 1 amide bonds. The molecule has 0 radical (unpaired) electrons. The van der Waals surface area contributed by atoms with E-state index in [2.05, 4.69) is 30.6 Å². The zero-order valence-electron chi connectivity index (χ0n) is 16.3. The van der Waals surface area contributed by atoms with Crippen LogP contribution in [-0.2, 0) is 10.2 Å². The van der Waals surface area contributed by atoms with Crippen molar-refractivity contribution in [3.05, 3.63) is 58.9 Å². The molecular weight excluding hydrogens is 430 g/mol. The van der Waals surface area contributed by atoms with Gasteiger partial charge in [-0.2, -0.15) is 19.0 Å². The number of halogens is 3. The number of hydrogen-bond donors (Lipinski definition) is 1. The molecule has 0 unspecified atom stereocenters. The number of rotatable bonds is 3. The van der Waals surface area contributed by atoms with Gasteiger partial charge in [0.2, 0.25) is 11.7 Å². The van der Waals surface area contributed by atoms with Gasteiger partial charge in [0.15, 0.2) is 11.5 Å². The normalized spacial score (nSPS) is 17.1. The first kappa shape index (κ1) is 19.5. The number of fused-ring (bicyclic) bond motifs is 3. The standard InChI is InChI=1S/C19H15ClF2N8O/c1-19(2)6-10(11-8-24-17-13(21)15(22)28-29(17)14(11)19)18(31)27-9-5-12(20)16(23-7-9)30-25-3-4-26-30/h3-5,7-8,10H,6H2,1-2H3,(H,27,31)/t10-/m1/s1. The Morgan fingerprint density at radius 3 is 2.68 bits per heavy atom. The third-order valence-corrected chi connectivity index (χ3v) is 5.60. The molecule has 5 rings (SSSR count). The van der Waals surface area contributed by atoms with Gasteiger partial charge >= 0.3 is 0 Å². The zero-order valence-corrected chi connectivity index (χ0v) is 17.1. The van der Waals surface area contributed by atoms with Gasteiger partial charge in [0, 0.05) is 17.2 Å². The molecule has 0 aliphatic heterocycles. The Labute approximate surface area is 179 Å². The van der Waals surface area contributed by atoms with Crippen molar-refractivity contribution in [2.75, 3.05) is 5.32 Å². The predicted molar refractivity (Wildman–Crippen MR) is 106 cm³/mol. The van der Waals surface area contributed by atoms with E-state index in [1.165, 1.54) is 29.6 Å². The number of pyridine rings is 1. The molecule has 0 fully saturated rings. The van der Waals surface area contributed by atoms with E-state index < -0.39 is 23.1 Å². The van der Waals surface area contributed by atoms with E-state index in [1.807, 2.05) is 13.8 Å². The van der Waals surface area contributed by atoms with Gasteiger partial charge < -0.3 is 5.32 Å². The molecule has 0 spiro atoms. The van der Waals surface area contributed by atoms with Gasteiger partial charge in [-0.3, -0.25) is 4.79 Å². The van der Waals surface area contributed by atoms with Gasteiger partial charge in [-0.25, -0.2) is 14.5 Å². The van der Waals surface area contributed by atoms with Crippen molar-refractivity contribution in [2.45, 2.75) is 31.6 Å². The summed E-state index contributed by atoms with van der Waals surface area (Å²) in [5.41, 5.74) is 0.742. The first-order valence-corrected chi connectivity index (χ1v) is 9.70. The SMILES string of the molecule is CC1(C)C[C@@H](C(=O)Nc2cnc(-n3nccn3)c(Cl)c2)c2cnc3c(F)c(F)nn3c21. The number of amides is 1. The lowest BCUT2D eigenvalue weighted by Crippen LogP contribution is -2.21. The molecule has 12 heteroatoms. The molecule has 1 N–H and O–H groups in total. The van der Waals surface area contributed by atoms with Crippen LogP contribution in [0, 0.1) is 11.8 Å². The number of nitrogens with one attached hydrogen (secondary N) is 1. The fourth-order valence-corrected chi connectivity index (χ4v) is 4.27. The van der Waals surface area contributed by atoms with E-state index in [0.717, 1.165) is 4.52 Å². The molecule has 4 aromatic rings. The van der Waals surface area contributed by atoms with Gasteiger partial charge in [0.25, 0.3) is 5.95 Å². The summed E-state index contributed by atoms with van der Waals surface area (Å²) in [5.74, 6) is -2.92. The fraction of sp³-hybridized carbons (Fsp3) is 0.263. The molecule has 1 atom stereocenters. The van der Waals surface area contributed by atoms with E-state index in [4.69, 9.17) is 11.6 Å². The topological polar surface area (TPSA) is 103 Å². The highest BCUT2D eigenvalue weighted by Gasteiger charge is 2.43. The lowest BCUT2D eigenvalue weighted by Gasteiger charge is -2.19. The van der Waals surface area contributed by atoms with Crippen molar-refractivity contribution in [1.82, 2.24) is 34.6 Å². The Balaban J connectivity index is 1.47. The van der Waals surface area contributed by atoms with Crippen molar-refractivity contribution < 1.29 is 13.6 Å². The van der Waals surface area contributed by atoms with E-state index >= 15 is 0 Å². The van der Waals surface area contributed by atoms with Gasteiger partial charge in [-0.15, -0.1) is 9.90 Å². The van der Waals surface area contributed by atoms with Crippen LogP contribution in [0.5, 0.6) is 0 Å². The highest BCUT2D eigenvalue weighted by atomic mass is 35.5. The van der Waals surface area contributed by atoms with E-state index in [0.29, 0.717) is 29.2 Å². The second-order valence-electron chi connectivity index (χ2n) is 7.88. The summed E-state index contributed by atoms with van der Waals surface area (Å²) < 4.78 is 28.8. The highest BCUT2D eigenvalue weighted by molar-refractivity contribution is 6.32. The molecule has 0 saturated carbocycles. The molecule has 0 saturated heterocycles. The number of anilines is 1. The van der Waals surface area contributed by atoms with Gasteiger partial charge in [0.1, 0.15) is 0 Å². The Bertz CT molecular complexity index is 1330. The first-order valence-electron chi connectivity index (χ1n) is 9.32. The average molecular weight is 445 g/mol. The largest absolute Gasteiger partial charge is 0.324 e. The molecule has 9 nitrogen and oxygen atoms in total. The lowest BCUT2D eigenvalue weighted by molar-refractivity contribution is -0.117. The lowest BCUT2D eigenvalue weighted by atomic mass is 9.88. The average Bonchev–Trinajstić information content (AvgIpc) is 3.40. The van der Waals surface area contributed by atoms with Crippen LogP contribution in [0.4, 0.5) is 14.5 Å². The number of carbonyl (C=O) groups excluding carboxylic acids is 1. The molecule has 1 aliphatic rings. The second-order valence-corrected chi connectivity index (χ2v) is 8.29. The minimum Gasteiger partial charge on any atom is -0.324 e. The second kappa shape index (κ2) is 6.77. The van der Waals surface area contributed by atoms with Gasteiger partial charge in [0.05, 0.1) is 40.9 Å². The van der Waals surface area contributed by atoms with Crippen LogP contribution in [0.2, 0.25) is 5.02 Å². The summed E-state index contributed by atoms with van der Waals surface area (Å²) in [4.78, 5) is 22.5. The third kappa shape index (κ3) is 3.03. The number of hydrogen-bond acceptors (Lipinski definition) is 6. The van der Waals surface area contributed by atoms with Crippen molar-refractivity contribution in [3.8, 4) is 5.82 Å². The highest BCUT2D eigenvalue weighted by Crippen LogP contribution is 2.46. The van der Waals surface area contributed by atoms with Gasteiger partial charge in [-0.05, 0) is 12.5 Å². The van der Waals surface area contributed by atoms with Crippen molar-refractivity contribution in [2.24, 2.45) is 0 Å². The summed E-state index contributed by atoms with van der Waals surface area (Å²) >= 11 is 6.27. The van der Waals surface area contributed by atoms with E-state index in [-0.39, 0.29) is 16.6 Å². The fourth-order valence-electron chi connectivity index (χ4n) is 4.03. The van der Waals surface area contributed by atoms with Gasteiger partial charge in [-0.1, -0.05) is 25.4 Å². The Morgan fingerprint density at radius 2 is 1.97 bits per heavy atom.